The average molecular weight is 400 g/mol. The van der Waals surface area contributed by atoms with Gasteiger partial charge >= 0.3 is 0 Å². The lowest BCUT2D eigenvalue weighted by atomic mass is 9.83. The van der Waals surface area contributed by atoms with Crippen molar-refractivity contribution in [1.29, 1.82) is 0 Å². The number of ether oxygens (including phenoxy) is 3. The summed E-state index contributed by atoms with van der Waals surface area (Å²) in [5, 5.41) is 0. The summed E-state index contributed by atoms with van der Waals surface area (Å²) in [5.74, 6) is 0.493. The van der Waals surface area contributed by atoms with Crippen LogP contribution < -0.4 is 0 Å². The fraction of sp³-hybridized carbons (Fsp3) is 0.625. The molecular weight excluding hydrogens is 366 g/mol. The van der Waals surface area contributed by atoms with Crippen molar-refractivity contribution in [3.63, 3.8) is 0 Å². The summed E-state index contributed by atoms with van der Waals surface area (Å²) in [4.78, 5) is 14.7. The first-order chi connectivity index (χ1) is 14.2. The van der Waals surface area contributed by atoms with E-state index < -0.39 is 0 Å². The minimum atomic E-state index is -0.113. The second kappa shape index (κ2) is 9.88. The molecule has 158 valence electrons. The summed E-state index contributed by atoms with van der Waals surface area (Å²) in [7, 11) is 0. The van der Waals surface area contributed by atoms with Crippen molar-refractivity contribution in [3.05, 3.63) is 48.0 Å². The molecule has 1 atom stereocenters. The molecule has 0 aromatic heterocycles. The number of hydrogen-bond acceptors (Lipinski definition) is 4. The Morgan fingerprint density at radius 2 is 1.86 bits per heavy atom. The van der Waals surface area contributed by atoms with Gasteiger partial charge in [-0.3, -0.25) is 4.79 Å². The molecule has 29 heavy (non-hydrogen) atoms. The zero-order valence-electron chi connectivity index (χ0n) is 17.3. The minimum Gasteiger partial charge on any atom is -0.376 e. The van der Waals surface area contributed by atoms with E-state index in [1.807, 2.05) is 23.1 Å². The third-order valence-corrected chi connectivity index (χ3v) is 6.48. The summed E-state index contributed by atoms with van der Waals surface area (Å²) in [6, 6.07) is 10.2. The van der Waals surface area contributed by atoms with Crippen LogP contribution in [0.5, 0.6) is 0 Å². The molecular formula is C24H33NO4. The molecule has 3 aliphatic rings. The normalized spacial score (nSPS) is 24.3. The van der Waals surface area contributed by atoms with E-state index in [0.29, 0.717) is 25.7 Å². The molecule has 1 amide bonds. The van der Waals surface area contributed by atoms with Crippen LogP contribution >= 0.6 is 0 Å². The number of carbonyl (C=O) groups is 1. The monoisotopic (exact) mass is 399 g/mol. The Kier molecular flexibility index (Phi) is 7.01. The minimum absolute atomic E-state index is 0.113. The van der Waals surface area contributed by atoms with Gasteiger partial charge in [-0.15, -0.1) is 0 Å². The Bertz CT molecular complexity index is 673. The molecule has 2 saturated heterocycles. The molecule has 1 aromatic carbocycles. The van der Waals surface area contributed by atoms with Crippen molar-refractivity contribution in [3.8, 4) is 0 Å². The SMILES string of the molecule is O=C(C1CC=CC1)N1CCC2(CC1)CC(OCCOCc1ccccc1)CCO2. The molecule has 0 radical (unpaired) electrons. The van der Waals surface area contributed by atoms with Gasteiger partial charge in [0.05, 0.1) is 31.5 Å². The quantitative estimate of drug-likeness (QED) is 0.518. The average Bonchev–Trinajstić information content (AvgIpc) is 3.30. The van der Waals surface area contributed by atoms with Crippen LogP contribution in [-0.2, 0) is 25.6 Å². The summed E-state index contributed by atoms with van der Waals surface area (Å²) in [6.45, 7) is 4.21. The Hall–Kier alpha value is -1.69. The third kappa shape index (κ3) is 5.47. The van der Waals surface area contributed by atoms with Crippen molar-refractivity contribution >= 4 is 5.91 Å². The molecule has 5 heteroatoms. The van der Waals surface area contributed by atoms with Crippen LogP contribution in [0.4, 0.5) is 0 Å². The van der Waals surface area contributed by atoms with E-state index in [2.05, 4.69) is 24.3 Å². The first kappa shape index (κ1) is 20.6. The van der Waals surface area contributed by atoms with Gasteiger partial charge in [-0.2, -0.15) is 0 Å². The van der Waals surface area contributed by atoms with Crippen molar-refractivity contribution < 1.29 is 19.0 Å². The van der Waals surface area contributed by atoms with Gasteiger partial charge < -0.3 is 19.1 Å². The Labute approximate surface area is 174 Å². The lowest BCUT2D eigenvalue weighted by molar-refractivity contribution is -0.164. The van der Waals surface area contributed by atoms with E-state index in [-0.39, 0.29) is 17.6 Å². The molecule has 0 N–H and O–H groups in total. The largest absolute Gasteiger partial charge is 0.376 e. The van der Waals surface area contributed by atoms with E-state index >= 15 is 0 Å². The highest BCUT2D eigenvalue weighted by Gasteiger charge is 2.42. The molecule has 2 heterocycles. The summed E-state index contributed by atoms with van der Waals surface area (Å²) in [5.41, 5.74) is 1.07. The fourth-order valence-corrected chi connectivity index (χ4v) is 4.72. The fourth-order valence-electron chi connectivity index (χ4n) is 4.72. The third-order valence-electron chi connectivity index (χ3n) is 6.48. The maximum atomic E-state index is 12.6. The van der Waals surface area contributed by atoms with E-state index in [1.165, 1.54) is 5.56 Å². The molecule has 4 rings (SSSR count). The molecule has 1 aliphatic carbocycles. The van der Waals surface area contributed by atoms with Crippen LogP contribution in [0.25, 0.3) is 0 Å². The zero-order valence-corrected chi connectivity index (χ0v) is 17.3. The highest BCUT2D eigenvalue weighted by Crippen LogP contribution is 2.37. The van der Waals surface area contributed by atoms with Gasteiger partial charge in [0.25, 0.3) is 0 Å². The number of hydrogen-bond donors (Lipinski definition) is 0. The first-order valence-corrected chi connectivity index (χ1v) is 11.1. The maximum Gasteiger partial charge on any atom is 0.226 e. The van der Waals surface area contributed by atoms with E-state index in [1.54, 1.807) is 0 Å². The van der Waals surface area contributed by atoms with Crippen LogP contribution in [-0.4, -0.2) is 55.4 Å². The zero-order chi connectivity index (χ0) is 19.9. The van der Waals surface area contributed by atoms with Crippen LogP contribution in [0.2, 0.25) is 0 Å². The Morgan fingerprint density at radius 1 is 1.10 bits per heavy atom. The lowest BCUT2D eigenvalue weighted by Gasteiger charge is -2.46. The van der Waals surface area contributed by atoms with E-state index in [0.717, 1.165) is 58.2 Å². The number of allylic oxidation sites excluding steroid dienone is 2. The second-order valence-electron chi connectivity index (χ2n) is 8.52. The maximum absolute atomic E-state index is 12.6. The van der Waals surface area contributed by atoms with Crippen LogP contribution in [0, 0.1) is 5.92 Å². The number of amides is 1. The summed E-state index contributed by atoms with van der Waals surface area (Å²) >= 11 is 0. The predicted octanol–water partition coefficient (Wildman–Crippen LogP) is 3.73. The highest BCUT2D eigenvalue weighted by molar-refractivity contribution is 5.79. The molecule has 2 fully saturated rings. The molecule has 5 nitrogen and oxygen atoms in total. The highest BCUT2D eigenvalue weighted by atomic mass is 16.5. The molecule has 0 saturated carbocycles. The second-order valence-corrected chi connectivity index (χ2v) is 8.52. The van der Waals surface area contributed by atoms with Gasteiger partial charge in [0.2, 0.25) is 5.91 Å². The van der Waals surface area contributed by atoms with Crippen molar-refractivity contribution in [1.82, 2.24) is 4.90 Å². The number of rotatable bonds is 7. The van der Waals surface area contributed by atoms with E-state index in [9.17, 15) is 4.79 Å². The number of nitrogens with zero attached hydrogens (tertiary/aromatic N) is 1. The van der Waals surface area contributed by atoms with Crippen molar-refractivity contribution in [2.45, 2.75) is 56.8 Å². The lowest BCUT2D eigenvalue weighted by Crippen LogP contribution is -2.52. The number of benzene rings is 1. The topological polar surface area (TPSA) is 48.0 Å². The van der Waals surface area contributed by atoms with Crippen LogP contribution in [0.15, 0.2) is 42.5 Å². The standard InChI is InChI=1S/C24H33NO4/c26-23(21-8-4-5-9-21)25-13-11-24(12-14-25)18-22(10-15-29-24)28-17-16-27-19-20-6-2-1-3-7-20/h1-7,21-22H,8-19H2. The number of carbonyl (C=O) groups excluding carboxylic acids is 1. The Morgan fingerprint density at radius 3 is 2.62 bits per heavy atom. The molecule has 1 spiro atoms. The smallest absolute Gasteiger partial charge is 0.226 e. The Balaban J connectivity index is 1.16. The molecule has 0 bridgehead atoms. The van der Waals surface area contributed by atoms with Crippen LogP contribution in [0.3, 0.4) is 0 Å². The molecule has 1 unspecified atom stereocenters. The van der Waals surface area contributed by atoms with Gasteiger partial charge in [-0.05, 0) is 37.7 Å². The van der Waals surface area contributed by atoms with Gasteiger partial charge in [0.15, 0.2) is 0 Å². The van der Waals surface area contributed by atoms with Gasteiger partial charge in [-0.25, -0.2) is 0 Å². The van der Waals surface area contributed by atoms with Gasteiger partial charge in [0, 0.05) is 32.0 Å². The van der Waals surface area contributed by atoms with Crippen molar-refractivity contribution in [2.24, 2.45) is 5.92 Å². The first-order valence-electron chi connectivity index (χ1n) is 11.1. The predicted molar refractivity (Wildman–Crippen MR) is 111 cm³/mol. The van der Waals surface area contributed by atoms with Crippen LogP contribution in [0.1, 0.15) is 44.1 Å². The van der Waals surface area contributed by atoms with E-state index in [4.69, 9.17) is 14.2 Å². The van der Waals surface area contributed by atoms with Crippen molar-refractivity contribution in [2.75, 3.05) is 32.9 Å². The van der Waals surface area contributed by atoms with Gasteiger partial charge in [0.1, 0.15) is 0 Å². The number of piperidine rings is 1. The van der Waals surface area contributed by atoms with Gasteiger partial charge in [-0.1, -0.05) is 42.5 Å². The number of likely N-dealkylation sites (tertiary alicyclic amines) is 1. The summed E-state index contributed by atoms with van der Waals surface area (Å²) < 4.78 is 18.1. The molecule has 1 aromatic rings. The molecule has 2 aliphatic heterocycles. The summed E-state index contributed by atoms with van der Waals surface area (Å²) in [6.07, 6.45) is 10.00.